The number of amides is 1. The van der Waals surface area contributed by atoms with Gasteiger partial charge in [0.1, 0.15) is 5.54 Å². The second-order valence-corrected chi connectivity index (χ2v) is 5.91. The SMILES string of the molecule is NC(=O)C(N)(CSc1ccc(Cl)cc1)C1CC1. The van der Waals surface area contributed by atoms with Crippen LogP contribution in [0.4, 0.5) is 0 Å². The Morgan fingerprint density at radius 1 is 1.41 bits per heavy atom. The molecule has 92 valence electrons. The molecule has 3 nitrogen and oxygen atoms in total. The summed E-state index contributed by atoms with van der Waals surface area (Å²) in [4.78, 5) is 12.5. The number of hydrogen-bond acceptors (Lipinski definition) is 3. The molecule has 4 N–H and O–H groups in total. The Labute approximate surface area is 110 Å². The number of benzene rings is 1. The smallest absolute Gasteiger partial charge is 0.238 e. The van der Waals surface area contributed by atoms with Crippen molar-refractivity contribution in [2.75, 3.05) is 5.75 Å². The molecule has 1 amide bonds. The third-order valence-corrected chi connectivity index (χ3v) is 4.54. The minimum atomic E-state index is -0.871. The van der Waals surface area contributed by atoms with Gasteiger partial charge in [-0.25, -0.2) is 0 Å². The quantitative estimate of drug-likeness (QED) is 0.805. The first kappa shape index (κ1) is 12.7. The summed E-state index contributed by atoms with van der Waals surface area (Å²) in [5, 5.41) is 0.699. The second kappa shape index (κ2) is 4.88. The average Bonchev–Trinajstić information content (AvgIpc) is 3.11. The van der Waals surface area contributed by atoms with Crippen LogP contribution in [-0.4, -0.2) is 17.2 Å². The number of carbonyl (C=O) groups is 1. The van der Waals surface area contributed by atoms with E-state index in [0.717, 1.165) is 17.7 Å². The van der Waals surface area contributed by atoms with Crippen LogP contribution in [0.3, 0.4) is 0 Å². The number of nitrogens with two attached hydrogens (primary N) is 2. The lowest BCUT2D eigenvalue weighted by Crippen LogP contribution is -2.56. The van der Waals surface area contributed by atoms with Gasteiger partial charge in [-0.3, -0.25) is 4.79 Å². The fourth-order valence-corrected chi connectivity index (χ4v) is 2.96. The van der Waals surface area contributed by atoms with Gasteiger partial charge in [-0.15, -0.1) is 11.8 Å². The summed E-state index contributed by atoms with van der Waals surface area (Å²) >= 11 is 7.35. The zero-order chi connectivity index (χ0) is 12.5. The molecule has 1 atom stereocenters. The van der Waals surface area contributed by atoms with E-state index in [0.29, 0.717) is 10.8 Å². The zero-order valence-electron chi connectivity index (χ0n) is 9.36. The zero-order valence-corrected chi connectivity index (χ0v) is 10.9. The Bertz CT molecular complexity index is 419. The first-order valence-electron chi connectivity index (χ1n) is 5.49. The van der Waals surface area contributed by atoms with E-state index in [4.69, 9.17) is 23.1 Å². The van der Waals surface area contributed by atoms with Crippen LogP contribution in [-0.2, 0) is 4.79 Å². The van der Waals surface area contributed by atoms with Gasteiger partial charge < -0.3 is 11.5 Å². The monoisotopic (exact) mass is 270 g/mol. The fourth-order valence-electron chi connectivity index (χ4n) is 1.72. The van der Waals surface area contributed by atoms with Gasteiger partial charge in [-0.2, -0.15) is 0 Å². The summed E-state index contributed by atoms with van der Waals surface area (Å²) in [7, 11) is 0. The first-order chi connectivity index (χ1) is 8.02. The lowest BCUT2D eigenvalue weighted by atomic mass is 9.96. The van der Waals surface area contributed by atoms with Crippen LogP contribution in [0.5, 0.6) is 0 Å². The molecule has 17 heavy (non-hydrogen) atoms. The number of thioether (sulfide) groups is 1. The molecule has 2 rings (SSSR count). The first-order valence-corrected chi connectivity index (χ1v) is 6.86. The lowest BCUT2D eigenvalue weighted by Gasteiger charge is -2.25. The minimum absolute atomic E-state index is 0.250. The van der Waals surface area contributed by atoms with E-state index in [1.54, 1.807) is 11.8 Å². The Kier molecular flexibility index (Phi) is 3.66. The van der Waals surface area contributed by atoms with E-state index in [2.05, 4.69) is 0 Å². The van der Waals surface area contributed by atoms with Crippen molar-refractivity contribution in [3.05, 3.63) is 29.3 Å². The summed E-state index contributed by atoms with van der Waals surface area (Å²) in [5.41, 5.74) is 10.6. The molecule has 0 aliphatic heterocycles. The van der Waals surface area contributed by atoms with Crippen molar-refractivity contribution >= 4 is 29.3 Å². The van der Waals surface area contributed by atoms with Crippen LogP contribution >= 0.6 is 23.4 Å². The maximum absolute atomic E-state index is 11.4. The van der Waals surface area contributed by atoms with E-state index >= 15 is 0 Å². The molecular weight excluding hydrogens is 256 g/mol. The van der Waals surface area contributed by atoms with Crippen LogP contribution in [0.1, 0.15) is 12.8 Å². The van der Waals surface area contributed by atoms with Crippen LogP contribution in [0.15, 0.2) is 29.2 Å². The Morgan fingerprint density at radius 3 is 2.47 bits per heavy atom. The standard InChI is InChI=1S/C12H15ClN2OS/c13-9-3-5-10(6-4-9)17-7-12(15,11(14)16)8-1-2-8/h3-6,8H,1-2,7,15H2,(H2,14,16). The van der Waals surface area contributed by atoms with Crippen molar-refractivity contribution in [1.29, 1.82) is 0 Å². The van der Waals surface area contributed by atoms with Crippen LogP contribution in [0, 0.1) is 5.92 Å². The number of primary amides is 1. The number of hydrogen-bond donors (Lipinski definition) is 2. The van der Waals surface area contributed by atoms with Crippen LogP contribution in [0.25, 0.3) is 0 Å². The molecule has 0 bridgehead atoms. The fraction of sp³-hybridized carbons (Fsp3) is 0.417. The lowest BCUT2D eigenvalue weighted by molar-refractivity contribution is -0.123. The summed E-state index contributed by atoms with van der Waals surface area (Å²) < 4.78 is 0. The van der Waals surface area contributed by atoms with E-state index in [9.17, 15) is 4.79 Å². The van der Waals surface area contributed by atoms with Crippen LogP contribution in [0.2, 0.25) is 5.02 Å². The predicted molar refractivity (Wildman–Crippen MR) is 71.0 cm³/mol. The third-order valence-electron chi connectivity index (χ3n) is 3.06. The molecule has 1 aromatic carbocycles. The topological polar surface area (TPSA) is 69.1 Å². The molecule has 0 spiro atoms. The van der Waals surface area contributed by atoms with Gasteiger partial charge in [0, 0.05) is 15.7 Å². The molecule has 0 radical (unpaired) electrons. The Balaban J connectivity index is 2.00. The molecule has 1 unspecified atom stereocenters. The van der Waals surface area contributed by atoms with Crippen molar-refractivity contribution in [3.63, 3.8) is 0 Å². The van der Waals surface area contributed by atoms with Gasteiger partial charge in [0.2, 0.25) is 5.91 Å². The van der Waals surface area contributed by atoms with Gasteiger partial charge in [-0.05, 0) is 43.0 Å². The van der Waals surface area contributed by atoms with E-state index in [-0.39, 0.29) is 5.92 Å². The summed E-state index contributed by atoms with van der Waals surface area (Å²) in [5.74, 6) is 0.371. The van der Waals surface area contributed by atoms with Crippen molar-refractivity contribution in [2.24, 2.45) is 17.4 Å². The summed E-state index contributed by atoms with van der Waals surface area (Å²) in [6.45, 7) is 0. The van der Waals surface area contributed by atoms with Gasteiger partial charge in [0.25, 0.3) is 0 Å². The highest BCUT2D eigenvalue weighted by molar-refractivity contribution is 7.99. The molecule has 1 aromatic rings. The molecule has 5 heteroatoms. The number of carbonyl (C=O) groups excluding carboxylic acids is 1. The Morgan fingerprint density at radius 2 is 2.00 bits per heavy atom. The summed E-state index contributed by atoms with van der Waals surface area (Å²) in [6.07, 6.45) is 2.00. The highest BCUT2D eigenvalue weighted by Crippen LogP contribution is 2.40. The van der Waals surface area contributed by atoms with Gasteiger partial charge in [-0.1, -0.05) is 11.6 Å². The summed E-state index contributed by atoms with van der Waals surface area (Å²) in [6, 6.07) is 7.48. The van der Waals surface area contributed by atoms with Crippen molar-refractivity contribution in [3.8, 4) is 0 Å². The van der Waals surface area contributed by atoms with E-state index in [1.165, 1.54) is 0 Å². The maximum atomic E-state index is 11.4. The van der Waals surface area contributed by atoms with Gasteiger partial charge in [0.15, 0.2) is 0 Å². The normalized spacial score (nSPS) is 18.7. The van der Waals surface area contributed by atoms with E-state index in [1.807, 2.05) is 24.3 Å². The molecule has 0 saturated heterocycles. The highest BCUT2D eigenvalue weighted by atomic mass is 35.5. The van der Waals surface area contributed by atoms with Crippen molar-refractivity contribution < 1.29 is 4.79 Å². The number of rotatable bonds is 5. The molecule has 1 saturated carbocycles. The van der Waals surface area contributed by atoms with Crippen molar-refractivity contribution in [2.45, 2.75) is 23.3 Å². The third kappa shape index (κ3) is 2.94. The predicted octanol–water partition coefficient (Wildman–Crippen LogP) is 2.02. The molecular formula is C12H15ClN2OS. The molecule has 1 fully saturated rings. The van der Waals surface area contributed by atoms with Gasteiger partial charge in [0.05, 0.1) is 0 Å². The van der Waals surface area contributed by atoms with Gasteiger partial charge >= 0.3 is 0 Å². The van der Waals surface area contributed by atoms with E-state index < -0.39 is 11.4 Å². The second-order valence-electron chi connectivity index (χ2n) is 4.42. The molecule has 0 aromatic heterocycles. The largest absolute Gasteiger partial charge is 0.368 e. The minimum Gasteiger partial charge on any atom is -0.368 e. The van der Waals surface area contributed by atoms with Crippen LogP contribution < -0.4 is 11.5 Å². The average molecular weight is 271 g/mol. The highest BCUT2D eigenvalue weighted by Gasteiger charge is 2.46. The molecule has 1 aliphatic carbocycles. The maximum Gasteiger partial charge on any atom is 0.238 e. The Hall–Kier alpha value is -0.710. The molecule has 0 heterocycles. The van der Waals surface area contributed by atoms with Crippen molar-refractivity contribution in [1.82, 2.24) is 0 Å². The number of halogens is 1. The molecule has 1 aliphatic rings.